The standard InChI is InChI=1S/C31H31FN6O/c1-3-19-7-4-8-20-9-5-11-24(26(19)20)28-27(32)29-25(15-33-28)30(38-16-21-12-13-22(17-38)34-21)36-31(35-29)39-18-23-10-6-14-37(23)2/h1,4-5,7-9,11,15,21-23,34H,6,10,12-14,16-18H2,2H3/t21?,22?,23-/m0/s1. The summed E-state index contributed by atoms with van der Waals surface area (Å²) in [6.45, 7) is 3.15. The van der Waals surface area contributed by atoms with Crippen LogP contribution in [0, 0.1) is 18.2 Å². The fourth-order valence-electron chi connectivity index (χ4n) is 6.50. The van der Waals surface area contributed by atoms with Crippen molar-refractivity contribution in [2.45, 2.75) is 43.8 Å². The molecule has 5 heterocycles. The zero-order valence-corrected chi connectivity index (χ0v) is 22.0. The first-order chi connectivity index (χ1) is 19.1. The predicted octanol–water partition coefficient (Wildman–Crippen LogP) is 4.38. The molecule has 7 rings (SSSR count). The molecule has 0 amide bonds. The molecule has 0 spiro atoms. The fraction of sp³-hybridized carbons (Fsp3) is 0.387. The topological polar surface area (TPSA) is 66.4 Å². The van der Waals surface area contributed by atoms with Crippen molar-refractivity contribution >= 4 is 27.5 Å². The third kappa shape index (κ3) is 4.26. The van der Waals surface area contributed by atoms with E-state index in [0.29, 0.717) is 47.1 Å². The Morgan fingerprint density at radius 2 is 1.90 bits per heavy atom. The number of rotatable bonds is 5. The first kappa shape index (κ1) is 24.3. The molecule has 0 saturated carbocycles. The number of terminal acetylenes is 1. The van der Waals surface area contributed by atoms with Crippen molar-refractivity contribution in [2.24, 2.45) is 0 Å². The molecule has 2 aromatic carbocycles. The summed E-state index contributed by atoms with van der Waals surface area (Å²) in [5, 5.41) is 6.01. The van der Waals surface area contributed by atoms with Gasteiger partial charge in [0.05, 0.1) is 5.39 Å². The van der Waals surface area contributed by atoms with Crippen LogP contribution in [0.15, 0.2) is 42.6 Å². The summed E-state index contributed by atoms with van der Waals surface area (Å²) in [4.78, 5) is 18.7. The minimum atomic E-state index is -0.489. The number of hydrogen-bond acceptors (Lipinski definition) is 7. The van der Waals surface area contributed by atoms with E-state index in [1.807, 2.05) is 36.4 Å². The van der Waals surface area contributed by atoms with Crippen molar-refractivity contribution < 1.29 is 9.13 Å². The van der Waals surface area contributed by atoms with Crippen LogP contribution in [0.5, 0.6) is 6.01 Å². The molecule has 198 valence electrons. The Labute approximate surface area is 227 Å². The third-order valence-electron chi connectivity index (χ3n) is 8.55. The van der Waals surface area contributed by atoms with Gasteiger partial charge in [-0.25, -0.2) is 4.39 Å². The average molecular weight is 523 g/mol. The minimum absolute atomic E-state index is 0.210. The maximum Gasteiger partial charge on any atom is 0.319 e. The molecule has 8 heteroatoms. The van der Waals surface area contributed by atoms with Gasteiger partial charge in [0.25, 0.3) is 0 Å². The normalized spacial score (nSPS) is 23.0. The second-order valence-electron chi connectivity index (χ2n) is 11.0. The Hall–Kier alpha value is -3.80. The number of piperazine rings is 1. The predicted molar refractivity (Wildman–Crippen MR) is 151 cm³/mol. The highest BCUT2D eigenvalue weighted by Crippen LogP contribution is 2.37. The van der Waals surface area contributed by atoms with Crippen molar-refractivity contribution in [3.8, 4) is 29.6 Å². The van der Waals surface area contributed by atoms with Gasteiger partial charge in [0.2, 0.25) is 0 Å². The molecule has 4 aromatic rings. The van der Waals surface area contributed by atoms with Crippen molar-refractivity contribution in [3.63, 3.8) is 0 Å². The molecular formula is C31H31FN6O. The van der Waals surface area contributed by atoms with E-state index in [2.05, 4.69) is 38.1 Å². The number of fused-ring (bicyclic) bond motifs is 4. The highest BCUT2D eigenvalue weighted by molar-refractivity contribution is 6.02. The lowest BCUT2D eigenvalue weighted by Gasteiger charge is -2.34. The lowest BCUT2D eigenvalue weighted by molar-refractivity contribution is 0.188. The highest BCUT2D eigenvalue weighted by Gasteiger charge is 2.34. The van der Waals surface area contributed by atoms with Gasteiger partial charge in [0.15, 0.2) is 5.82 Å². The molecule has 3 saturated heterocycles. The van der Waals surface area contributed by atoms with Gasteiger partial charge in [-0.1, -0.05) is 36.3 Å². The molecule has 7 nitrogen and oxygen atoms in total. The lowest BCUT2D eigenvalue weighted by atomic mass is 9.97. The zero-order valence-electron chi connectivity index (χ0n) is 22.0. The molecule has 3 fully saturated rings. The van der Waals surface area contributed by atoms with E-state index < -0.39 is 5.82 Å². The number of nitrogens with zero attached hydrogens (tertiary/aromatic N) is 5. The van der Waals surface area contributed by atoms with Crippen LogP contribution >= 0.6 is 0 Å². The van der Waals surface area contributed by atoms with Crippen molar-refractivity contribution in [2.75, 3.05) is 38.2 Å². The summed E-state index contributed by atoms with van der Waals surface area (Å²) in [6.07, 6.45) is 12.0. The van der Waals surface area contributed by atoms with Crippen LogP contribution in [0.2, 0.25) is 0 Å². The SMILES string of the molecule is C#Cc1cccc2cccc(-c3ncc4c(N5CC6CCC(C5)N6)nc(OC[C@@H]5CCCN5C)nc4c3F)c12. The molecule has 1 N–H and O–H groups in total. The van der Waals surface area contributed by atoms with E-state index in [-0.39, 0.29) is 17.2 Å². The smallest absolute Gasteiger partial charge is 0.319 e. The number of likely N-dealkylation sites (N-methyl/N-ethyl adjacent to an activating group) is 1. The molecule has 0 aliphatic carbocycles. The molecule has 2 aromatic heterocycles. The average Bonchev–Trinajstić information content (AvgIpc) is 3.54. The maximum atomic E-state index is 16.5. The molecule has 3 aliphatic heterocycles. The van der Waals surface area contributed by atoms with Gasteiger partial charge in [-0.2, -0.15) is 9.97 Å². The molecule has 3 aliphatic rings. The monoisotopic (exact) mass is 522 g/mol. The number of benzene rings is 2. The fourth-order valence-corrected chi connectivity index (χ4v) is 6.50. The van der Waals surface area contributed by atoms with E-state index >= 15 is 4.39 Å². The number of halogens is 1. The van der Waals surface area contributed by atoms with E-state index in [0.717, 1.165) is 56.1 Å². The van der Waals surface area contributed by atoms with E-state index in [9.17, 15) is 0 Å². The number of pyridine rings is 1. The molecule has 0 radical (unpaired) electrons. The molecule has 39 heavy (non-hydrogen) atoms. The quantitative estimate of drug-likeness (QED) is 0.390. The first-order valence-electron chi connectivity index (χ1n) is 13.8. The summed E-state index contributed by atoms with van der Waals surface area (Å²) in [7, 11) is 2.11. The number of ether oxygens (including phenoxy) is 1. The van der Waals surface area contributed by atoms with Crippen molar-refractivity contribution in [1.29, 1.82) is 0 Å². The second kappa shape index (κ2) is 9.74. The number of likely N-dealkylation sites (tertiary alicyclic amines) is 1. The van der Waals surface area contributed by atoms with Crippen molar-refractivity contribution in [1.82, 2.24) is 25.2 Å². The number of anilines is 1. The number of hydrogen-bond donors (Lipinski definition) is 1. The van der Waals surface area contributed by atoms with E-state index in [1.54, 1.807) is 6.20 Å². The Morgan fingerprint density at radius 1 is 1.10 bits per heavy atom. The lowest BCUT2D eigenvalue weighted by Crippen LogP contribution is -2.51. The summed E-state index contributed by atoms with van der Waals surface area (Å²) in [6, 6.07) is 12.8. The Balaban J connectivity index is 1.37. The van der Waals surface area contributed by atoms with Gasteiger partial charge in [0.1, 0.15) is 23.6 Å². The third-order valence-corrected chi connectivity index (χ3v) is 8.55. The van der Waals surface area contributed by atoms with E-state index in [1.165, 1.54) is 0 Å². The van der Waals surface area contributed by atoms with Crippen LogP contribution in [0.4, 0.5) is 10.2 Å². The van der Waals surface area contributed by atoms with Crippen LogP contribution in [0.1, 0.15) is 31.2 Å². The van der Waals surface area contributed by atoms with Crippen LogP contribution < -0.4 is 15.0 Å². The van der Waals surface area contributed by atoms with Crippen LogP contribution in [0.3, 0.4) is 0 Å². The first-order valence-corrected chi connectivity index (χ1v) is 13.8. The Morgan fingerprint density at radius 3 is 2.64 bits per heavy atom. The number of nitrogens with one attached hydrogen (secondary N) is 1. The maximum absolute atomic E-state index is 16.5. The Kier molecular flexibility index (Phi) is 6.06. The Bertz CT molecular complexity index is 1600. The van der Waals surface area contributed by atoms with Gasteiger partial charge >= 0.3 is 6.01 Å². The highest BCUT2D eigenvalue weighted by atomic mass is 19.1. The van der Waals surface area contributed by atoms with Gasteiger partial charge < -0.3 is 19.9 Å². The molecule has 3 atom stereocenters. The largest absolute Gasteiger partial charge is 0.462 e. The van der Waals surface area contributed by atoms with Gasteiger partial charge in [-0.3, -0.25) is 4.98 Å². The van der Waals surface area contributed by atoms with Crippen LogP contribution in [-0.2, 0) is 0 Å². The molecule has 2 bridgehead atoms. The van der Waals surface area contributed by atoms with Crippen LogP contribution in [0.25, 0.3) is 32.9 Å². The molecule has 2 unspecified atom stereocenters. The second-order valence-corrected chi connectivity index (χ2v) is 11.0. The van der Waals surface area contributed by atoms with Gasteiger partial charge in [-0.05, 0) is 50.7 Å². The van der Waals surface area contributed by atoms with Gasteiger partial charge in [-0.15, -0.1) is 6.42 Å². The molecular weight excluding hydrogens is 491 g/mol. The van der Waals surface area contributed by atoms with Crippen molar-refractivity contribution in [3.05, 3.63) is 54.0 Å². The van der Waals surface area contributed by atoms with Crippen LogP contribution in [-0.4, -0.2) is 71.3 Å². The minimum Gasteiger partial charge on any atom is -0.462 e. The summed E-state index contributed by atoms with van der Waals surface area (Å²) < 4.78 is 22.7. The van der Waals surface area contributed by atoms with Gasteiger partial charge in [0, 0.05) is 53.9 Å². The number of aromatic nitrogens is 3. The summed E-state index contributed by atoms with van der Waals surface area (Å²) in [5.41, 5.74) is 1.80. The summed E-state index contributed by atoms with van der Waals surface area (Å²) in [5.74, 6) is 2.95. The zero-order chi connectivity index (χ0) is 26.5. The van der Waals surface area contributed by atoms with E-state index in [4.69, 9.17) is 16.1 Å². The summed E-state index contributed by atoms with van der Waals surface area (Å²) >= 11 is 0.